The second-order valence-electron chi connectivity index (χ2n) is 3.59. The van der Waals surface area contributed by atoms with Crippen molar-refractivity contribution >= 4 is 0 Å². The van der Waals surface area contributed by atoms with Crippen LogP contribution in [0.3, 0.4) is 0 Å². The number of methoxy groups -OCH3 is 1. The Morgan fingerprint density at radius 2 is 2.47 bits per heavy atom. The van der Waals surface area contributed by atoms with Gasteiger partial charge in [0.2, 0.25) is 0 Å². The number of nitrogens with two attached hydrogens (primary N) is 1. The number of hydrazine groups is 1. The smallest absolute Gasteiger partial charge is 0.0843 e. The molecule has 1 atom stereocenters. The first-order chi connectivity index (χ1) is 7.26. The molecule has 0 fully saturated rings. The standard InChI is InChI=1S/C9H19N5O/c1-14-7-9(12-13-14)6-8(11-10)4-3-5-15-2/h7-8,11H,3-6,10H2,1-2H3. The largest absolute Gasteiger partial charge is 0.385 e. The zero-order chi connectivity index (χ0) is 11.1. The highest BCUT2D eigenvalue weighted by molar-refractivity contribution is 4.95. The molecule has 0 radical (unpaired) electrons. The number of hydrogen-bond donors (Lipinski definition) is 2. The molecule has 0 saturated carbocycles. The molecule has 15 heavy (non-hydrogen) atoms. The van der Waals surface area contributed by atoms with Gasteiger partial charge in [0.25, 0.3) is 0 Å². The lowest BCUT2D eigenvalue weighted by molar-refractivity contribution is 0.188. The molecule has 0 amide bonds. The number of hydrogen-bond acceptors (Lipinski definition) is 5. The van der Waals surface area contributed by atoms with Crippen LogP contribution in [-0.4, -0.2) is 34.8 Å². The van der Waals surface area contributed by atoms with Crippen LogP contribution in [0.5, 0.6) is 0 Å². The van der Waals surface area contributed by atoms with Crippen molar-refractivity contribution in [3.8, 4) is 0 Å². The molecule has 0 bridgehead atoms. The Morgan fingerprint density at radius 1 is 1.67 bits per heavy atom. The number of aryl methyl sites for hydroxylation is 1. The van der Waals surface area contributed by atoms with Crippen LogP contribution in [0.1, 0.15) is 18.5 Å². The van der Waals surface area contributed by atoms with Crippen molar-refractivity contribution in [1.29, 1.82) is 0 Å². The second-order valence-corrected chi connectivity index (χ2v) is 3.59. The number of nitrogens with one attached hydrogen (secondary N) is 1. The highest BCUT2D eigenvalue weighted by Crippen LogP contribution is 2.03. The third-order valence-corrected chi connectivity index (χ3v) is 2.24. The molecular formula is C9H19N5O. The van der Waals surface area contributed by atoms with Crippen molar-refractivity contribution in [2.45, 2.75) is 25.3 Å². The van der Waals surface area contributed by atoms with Gasteiger partial charge in [-0.15, -0.1) is 5.10 Å². The van der Waals surface area contributed by atoms with Crippen molar-refractivity contribution in [1.82, 2.24) is 20.4 Å². The van der Waals surface area contributed by atoms with E-state index in [0.29, 0.717) is 0 Å². The molecule has 1 rings (SSSR count). The summed E-state index contributed by atoms with van der Waals surface area (Å²) in [6.45, 7) is 0.763. The molecule has 6 heteroatoms. The summed E-state index contributed by atoms with van der Waals surface area (Å²) in [6, 6.07) is 0.233. The van der Waals surface area contributed by atoms with Gasteiger partial charge in [-0.25, -0.2) is 0 Å². The topological polar surface area (TPSA) is 78.0 Å². The molecule has 1 heterocycles. The summed E-state index contributed by atoms with van der Waals surface area (Å²) in [5, 5.41) is 7.89. The van der Waals surface area contributed by atoms with Crippen molar-refractivity contribution < 1.29 is 4.74 Å². The normalized spacial score (nSPS) is 13.0. The van der Waals surface area contributed by atoms with E-state index in [0.717, 1.165) is 31.6 Å². The summed E-state index contributed by atoms with van der Waals surface area (Å²) >= 11 is 0. The van der Waals surface area contributed by atoms with E-state index in [1.807, 2.05) is 13.2 Å². The van der Waals surface area contributed by atoms with Gasteiger partial charge in [0.15, 0.2) is 0 Å². The second kappa shape index (κ2) is 6.49. The summed E-state index contributed by atoms with van der Waals surface area (Å²) in [5.41, 5.74) is 3.74. The van der Waals surface area contributed by atoms with Crippen LogP contribution in [0.15, 0.2) is 6.20 Å². The van der Waals surface area contributed by atoms with E-state index in [-0.39, 0.29) is 6.04 Å². The number of ether oxygens (including phenoxy) is 1. The monoisotopic (exact) mass is 213 g/mol. The first-order valence-electron chi connectivity index (χ1n) is 5.06. The van der Waals surface area contributed by atoms with Gasteiger partial charge in [0.05, 0.1) is 5.69 Å². The van der Waals surface area contributed by atoms with E-state index in [1.54, 1.807) is 11.8 Å². The fraction of sp³-hybridized carbons (Fsp3) is 0.778. The van der Waals surface area contributed by atoms with Crippen molar-refractivity contribution in [3.63, 3.8) is 0 Å². The summed E-state index contributed by atoms with van der Waals surface area (Å²) in [7, 11) is 3.56. The van der Waals surface area contributed by atoms with Crippen LogP contribution in [0.25, 0.3) is 0 Å². The lowest BCUT2D eigenvalue weighted by Crippen LogP contribution is -2.37. The summed E-state index contributed by atoms with van der Waals surface area (Å²) in [5.74, 6) is 5.46. The van der Waals surface area contributed by atoms with Crippen molar-refractivity contribution in [2.24, 2.45) is 12.9 Å². The number of rotatable bonds is 7. The minimum absolute atomic E-state index is 0.233. The van der Waals surface area contributed by atoms with Crippen molar-refractivity contribution in [3.05, 3.63) is 11.9 Å². The van der Waals surface area contributed by atoms with Crippen LogP contribution < -0.4 is 11.3 Å². The van der Waals surface area contributed by atoms with Crippen molar-refractivity contribution in [2.75, 3.05) is 13.7 Å². The van der Waals surface area contributed by atoms with Crippen LogP contribution in [-0.2, 0) is 18.2 Å². The van der Waals surface area contributed by atoms with Gasteiger partial charge in [-0.3, -0.25) is 16.0 Å². The van der Waals surface area contributed by atoms with Gasteiger partial charge in [-0.05, 0) is 12.8 Å². The fourth-order valence-electron chi connectivity index (χ4n) is 1.46. The quantitative estimate of drug-likeness (QED) is 0.366. The molecule has 0 aliphatic rings. The zero-order valence-corrected chi connectivity index (χ0v) is 9.31. The Bertz CT molecular complexity index is 275. The summed E-state index contributed by atoms with van der Waals surface area (Å²) in [6.07, 6.45) is 4.67. The maximum absolute atomic E-state index is 5.46. The maximum atomic E-state index is 5.46. The van der Waals surface area contributed by atoms with Gasteiger partial charge >= 0.3 is 0 Å². The van der Waals surface area contributed by atoms with Gasteiger partial charge in [0.1, 0.15) is 0 Å². The molecule has 1 aromatic heterocycles. The van der Waals surface area contributed by atoms with E-state index in [9.17, 15) is 0 Å². The minimum Gasteiger partial charge on any atom is -0.385 e. The zero-order valence-electron chi connectivity index (χ0n) is 9.31. The molecule has 0 spiro atoms. The van der Waals surface area contributed by atoms with Gasteiger partial charge < -0.3 is 4.74 Å². The van der Waals surface area contributed by atoms with E-state index in [4.69, 9.17) is 10.6 Å². The van der Waals surface area contributed by atoms with Gasteiger partial charge in [-0.1, -0.05) is 5.21 Å². The molecule has 0 aromatic carbocycles. The van der Waals surface area contributed by atoms with Crippen LogP contribution in [0.4, 0.5) is 0 Å². The van der Waals surface area contributed by atoms with E-state index in [2.05, 4.69) is 15.7 Å². The third kappa shape index (κ3) is 4.37. The van der Waals surface area contributed by atoms with Gasteiger partial charge in [-0.2, -0.15) is 0 Å². The molecule has 0 aliphatic heterocycles. The van der Waals surface area contributed by atoms with Crippen LogP contribution >= 0.6 is 0 Å². The molecule has 86 valence electrons. The highest BCUT2D eigenvalue weighted by Gasteiger charge is 2.09. The highest BCUT2D eigenvalue weighted by atomic mass is 16.5. The summed E-state index contributed by atoms with van der Waals surface area (Å²) in [4.78, 5) is 0. The van der Waals surface area contributed by atoms with Crippen LogP contribution in [0, 0.1) is 0 Å². The van der Waals surface area contributed by atoms with Crippen LogP contribution in [0.2, 0.25) is 0 Å². The molecule has 0 aliphatic carbocycles. The molecule has 0 saturated heterocycles. The molecular weight excluding hydrogens is 194 g/mol. The minimum atomic E-state index is 0.233. The predicted molar refractivity (Wildman–Crippen MR) is 56.9 cm³/mol. The Morgan fingerprint density at radius 3 is 3.00 bits per heavy atom. The first-order valence-corrected chi connectivity index (χ1v) is 5.06. The molecule has 3 N–H and O–H groups in total. The predicted octanol–water partition coefficient (Wildman–Crippen LogP) is -0.384. The summed E-state index contributed by atoms with van der Waals surface area (Å²) < 4.78 is 6.68. The molecule has 1 unspecified atom stereocenters. The first kappa shape index (κ1) is 12.1. The fourth-order valence-corrected chi connectivity index (χ4v) is 1.46. The third-order valence-electron chi connectivity index (χ3n) is 2.24. The van der Waals surface area contributed by atoms with E-state index < -0.39 is 0 Å². The SMILES string of the molecule is COCCCC(Cc1cn(C)nn1)NN. The molecule has 1 aromatic rings. The van der Waals surface area contributed by atoms with Gasteiger partial charge in [0, 0.05) is 39.4 Å². The molecule has 6 nitrogen and oxygen atoms in total. The van der Waals surface area contributed by atoms with E-state index in [1.165, 1.54) is 0 Å². The Labute approximate surface area is 89.8 Å². The van der Waals surface area contributed by atoms with E-state index >= 15 is 0 Å². The Hall–Kier alpha value is -0.980. The lowest BCUT2D eigenvalue weighted by atomic mass is 10.1. The number of nitrogens with zero attached hydrogens (tertiary/aromatic N) is 3. The average molecular weight is 213 g/mol. The maximum Gasteiger partial charge on any atom is 0.0843 e. The Balaban J connectivity index is 2.33. The lowest BCUT2D eigenvalue weighted by Gasteiger charge is -2.13. The number of aromatic nitrogens is 3. The Kier molecular flexibility index (Phi) is 5.23. The average Bonchev–Trinajstić information content (AvgIpc) is 2.63.